The van der Waals surface area contributed by atoms with Gasteiger partial charge in [0.25, 0.3) is 0 Å². The molecule has 2 aliphatic carbocycles. The van der Waals surface area contributed by atoms with Crippen molar-refractivity contribution in [2.45, 2.75) is 38.6 Å². The molecule has 1 amide bonds. The summed E-state index contributed by atoms with van der Waals surface area (Å²) < 4.78 is 1.74. The Hall–Kier alpha value is -1.52. The van der Waals surface area contributed by atoms with E-state index in [9.17, 15) is 4.79 Å². The van der Waals surface area contributed by atoms with Crippen LogP contribution >= 0.6 is 23.2 Å². The van der Waals surface area contributed by atoms with E-state index in [-0.39, 0.29) is 5.91 Å². The van der Waals surface area contributed by atoms with Gasteiger partial charge in [-0.3, -0.25) is 9.48 Å². The van der Waals surface area contributed by atoms with E-state index in [1.165, 1.54) is 25.7 Å². The van der Waals surface area contributed by atoms with Crippen LogP contribution in [-0.4, -0.2) is 15.7 Å². The van der Waals surface area contributed by atoms with Gasteiger partial charge in [-0.1, -0.05) is 35.7 Å². The Bertz CT molecular complexity index is 768. The molecule has 3 atom stereocenters. The van der Waals surface area contributed by atoms with Gasteiger partial charge in [0.1, 0.15) is 0 Å². The van der Waals surface area contributed by atoms with Gasteiger partial charge in [0.15, 0.2) is 0 Å². The van der Waals surface area contributed by atoms with Crippen molar-refractivity contribution in [1.29, 1.82) is 0 Å². The van der Waals surface area contributed by atoms with Crippen molar-refractivity contribution in [3.63, 3.8) is 0 Å². The number of anilines is 1. The van der Waals surface area contributed by atoms with Crippen LogP contribution in [0, 0.1) is 17.8 Å². The fourth-order valence-electron chi connectivity index (χ4n) is 4.44. The summed E-state index contributed by atoms with van der Waals surface area (Å²) in [5.74, 6) is 2.29. The minimum Gasteiger partial charge on any atom is -0.323 e. The molecule has 2 bridgehead atoms. The summed E-state index contributed by atoms with van der Waals surface area (Å²) in [4.78, 5) is 12.3. The normalized spacial score (nSPS) is 24.6. The minimum atomic E-state index is 0.0906. The van der Waals surface area contributed by atoms with Crippen molar-refractivity contribution in [3.8, 4) is 0 Å². The molecular weight excluding hydrogens is 357 g/mol. The van der Waals surface area contributed by atoms with Gasteiger partial charge in [-0.05, 0) is 49.1 Å². The molecule has 3 unspecified atom stereocenters. The Morgan fingerprint density at radius 2 is 2.04 bits per heavy atom. The Balaban J connectivity index is 1.36. The molecule has 1 heterocycles. The molecule has 25 heavy (non-hydrogen) atoms. The third-order valence-electron chi connectivity index (χ3n) is 5.63. The summed E-state index contributed by atoms with van der Waals surface area (Å²) in [5, 5.41) is 8.51. The molecule has 0 aliphatic heterocycles. The van der Waals surface area contributed by atoms with E-state index in [2.05, 4.69) is 10.4 Å². The van der Waals surface area contributed by atoms with E-state index in [1.807, 2.05) is 24.4 Å². The van der Waals surface area contributed by atoms with Crippen molar-refractivity contribution in [1.82, 2.24) is 9.78 Å². The van der Waals surface area contributed by atoms with Crippen LogP contribution in [0.4, 0.5) is 5.69 Å². The average Bonchev–Trinajstić information content (AvgIpc) is 3.28. The molecule has 1 aromatic carbocycles. The molecule has 2 aromatic rings. The van der Waals surface area contributed by atoms with E-state index in [1.54, 1.807) is 10.9 Å². The van der Waals surface area contributed by atoms with Crippen LogP contribution in [0.25, 0.3) is 0 Å². The highest BCUT2D eigenvalue weighted by Crippen LogP contribution is 2.49. The van der Waals surface area contributed by atoms with Gasteiger partial charge in [-0.2, -0.15) is 5.10 Å². The van der Waals surface area contributed by atoms with Gasteiger partial charge in [-0.25, -0.2) is 0 Å². The van der Waals surface area contributed by atoms with E-state index in [0.29, 0.717) is 28.9 Å². The van der Waals surface area contributed by atoms with Crippen molar-refractivity contribution < 1.29 is 4.79 Å². The number of carbonyl (C=O) groups excluding carboxylic acids is 1. The molecule has 0 radical (unpaired) electrons. The van der Waals surface area contributed by atoms with Gasteiger partial charge in [0, 0.05) is 28.2 Å². The zero-order chi connectivity index (χ0) is 17.4. The van der Waals surface area contributed by atoms with Gasteiger partial charge in [0.05, 0.1) is 18.4 Å². The number of aromatic nitrogens is 2. The first-order chi connectivity index (χ1) is 12.1. The average molecular weight is 378 g/mol. The summed E-state index contributed by atoms with van der Waals surface area (Å²) in [5.41, 5.74) is 1.55. The topological polar surface area (TPSA) is 46.9 Å². The third-order valence-corrected chi connectivity index (χ3v) is 6.34. The maximum absolute atomic E-state index is 12.3. The number of halogens is 2. The van der Waals surface area contributed by atoms with E-state index in [4.69, 9.17) is 23.2 Å². The van der Waals surface area contributed by atoms with Crippen LogP contribution < -0.4 is 5.32 Å². The first-order valence-corrected chi connectivity index (χ1v) is 9.59. The lowest BCUT2D eigenvalue weighted by Crippen LogP contribution is -2.20. The fraction of sp³-hybridized carbons (Fsp3) is 0.474. The van der Waals surface area contributed by atoms with Crippen molar-refractivity contribution in [2.24, 2.45) is 17.8 Å². The van der Waals surface area contributed by atoms with E-state index < -0.39 is 0 Å². The van der Waals surface area contributed by atoms with Crippen LogP contribution in [0.2, 0.25) is 10.0 Å². The summed E-state index contributed by atoms with van der Waals surface area (Å²) in [6.45, 7) is 0.473. The number of hydrogen-bond donors (Lipinski definition) is 1. The number of nitrogens with zero attached hydrogens (tertiary/aromatic N) is 2. The van der Waals surface area contributed by atoms with Crippen molar-refractivity contribution in [3.05, 3.63) is 46.2 Å². The van der Waals surface area contributed by atoms with E-state index >= 15 is 0 Å². The lowest BCUT2D eigenvalue weighted by Gasteiger charge is -2.20. The fourth-order valence-corrected chi connectivity index (χ4v) is 4.95. The molecule has 2 fully saturated rings. The van der Waals surface area contributed by atoms with Gasteiger partial charge in [0.2, 0.25) is 5.91 Å². The molecule has 2 saturated carbocycles. The summed E-state index contributed by atoms with van der Waals surface area (Å²) >= 11 is 12.4. The van der Waals surface area contributed by atoms with Crippen molar-refractivity contribution in [2.75, 3.05) is 5.32 Å². The largest absolute Gasteiger partial charge is 0.323 e. The second kappa shape index (κ2) is 7.00. The molecular formula is C19H21Cl2N3O. The Labute approximate surface area is 157 Å². The predicted octanol–water partition coefficient (Wildman–Crippen LogP) is 5.00. The highest BCUT2D eigenvalue weighted by atomic mass is 35.5. The number of fused-ring (bicyclic) bond motifs is 2. The molecule has 132 valence electrons. The Morgan fingerprint density at radius 1 is 1.24 bits per heavy atom. The SMILES string of the molecule is O=C(CC1CC2CCC1C2)Nc1cnn(Cc2c(Cl)cccc2Cl)c1. The van der Waals surface area contributed by atoms with E-state index in [0.717, 1.165) is 23.1 Å². The molecule has 4 rings (SSSR count). The van der Waals surface area contributed by atoms with Gasteiger partial charge < -0.3 is 5.32 Å². The zero-order valence-electron chi connectivity index (χ0n) is 13.9. The molecule has 0 spiro atoms. The van der Waals surface area contributed by atoms with Crippen LogP contribution in [0.3, 0.4) is 0 Å². The summed E-state index contributed by atoms with van der Waals surface area (Å²) in [7, 11) is 0. The summed E-state index contributed by atoms with van der Waals surface area (Å²) in [6, 6.07) is 5.44. The molecule has 0 saturated heterocycles. The van der Waals surface area contributed by atoms with Crippen LogP contribution in [0.15, 0.2) is 30.6 Å². The smallest absolute Gasteiger partial charge is 0.224 e. The monoisotopic (exact) mass is 377 g/mol. The first kappa shape index (κ1) is 16.9. The predicted molar refractivity (Wildman–Crippen MR) is 100.0 cm³/mol. The quantitative estimate of drug-likeness (QED) is 0.796. The second-order valence-electron chi connectivity index (χ2n) is 7.31. The molecule has 6 heteroatoms. The number of benzene rings is 1. The standard InChI is InChI=1S/C19H21Cl2N3O/c20-17-2-1-3-18(21)16(17)11-24-10-15(9-22-24)23-19(25)8-14-7-12-4-5-13(14)6-12/h1-3,9-10,12-14H,4-8,11H2,(H,23,25). The van der Waals surface area contributed by atoms with Gasteiger partial charge >= 0.3 is 0 Å². The van der Waals surface area contributed by atoms with Crippen LogP contribution in [0.1, 0.15) is 37.7 Å². The lowest BCUT2D eigenvalue weighted by atomic mass is 9.86. The molecule has 2 aliphatic rings. The maximum atomic E-state index is 12.3. The number of hydrogen-bond acceptors (Lipinski definition) is 2. The zero-order valence-corrected chi connectivity index (χ0v) is 15.4. The highest BCUT2D eigenvalue weighted by molar-refractivity contribution is 6.35. The third kappa shape index (κ3) is 3.70. The van der Waals surface area contributed by atoms with Crippen molar-refractivity contribution >= 4 is 34.8 Å². The lowest BCUT2D eigenvalue weighted by molar-refractivity contribution is -0.117. The van der Waals surface area contributed by atoms with Gasteiger partial charge in [-0.15, -0.1) is 0 Å². The summed E-state index contributed by atoms with van der Waals surface area (Å²) in [6.07, 6.45) is 9.33. The number of nitrogens with one attached hydrogen (secondary N) is 1. The Morgan fingerprint density at radius 3 is 2.72 bits per heavy atom. The Kier molecular flexibility index (Phi) is 4.74. The minimum absolute atomic E-state index is 0.0906. The van der Waals surface area contributed by atoms with Crippen LogP contribution in [-0.2, 0) is 11.3 Å². The number of rotatable bonds is 5. The molecule has 1 aromatic heterocycles. The number of amides is 1. The first-order valence-electron chi connectivity index (χ1n) is 8.83. The molecule has 4 nitrogen and oxygen atoms in total. The van der Waals surface area contributed by atoms with Crippen LogP contribution in [0.5, 0.6) is 0 Å². The number of carbonyl (C=O) groups is 1. The highest BCUT2D eigenvalue weighted by Gasteiger charge is 2.40. The maximum Gasteiger partial charge on any atom is 0.224 e. The molecule has 1 N–H and O–H groups in total. The second-order valence-corrected chi connectivity index (χ2v) is 8.13.